The molecule has 1 aliphatic heterocycles. The van der Waals surface area contributed by atoms with Gasteiger partial charge in [0, 0.05) is 6.54 Å². The monoisotopic (exact) mass is 414 g/mol. The number of carbonyl (C=O) groups is 1. The maximum absolute atomic E-state index is 13.1. The lowest BCUT2D eigenvalue weighted by atomic mass is 10.1. The summed E-state index contributed by atoms with van der Waals surface area (Å²) in [4.78, 5) is 13.9. The summed E-state index contributed by atoms with van der Waals surface area (Å²) >= 11 is 5.86. The van der Waals surface area contributed by atoms with E-state index in [1.165, 1.54) is 12.1 Å². The predicted octanol–water partition coefficient (Wildman–Crippen LogP) is 4.20. The van der Waals surface area contributed by atoms with Crippen molar-refractivity contribution in [1.82, 2.24) is 4.90 Å². The van der Waals surface area contributed by atoms with Gasteiger partial charge in [-0.25, -0.2) is 0 Å². The van der Waals surface area contributed by atoms with Gasteiger partial charge in [-0.1, -0.05) is 23.7 Å². The number of hydrogen-bond donors (Lipinski definition) is 1. The molecular weight excluding hydrogens is 397 g/mol. The Kier molecular flexibility index (Phi) is 6.00. The molecule has 0 fully saturated rings. The Balaban J connectivity index is 1.64. The standard InChI is InChI=1S/C19H18ClF3N2O3/c1-25(10-12-5-6-15-16(9-12)28-8-7-27-15)11-17(26)24-18-13(19(21,22)23)3-2-4-14(18)20/h2-6,9H,7-8,10-11H2,1H3,(H,24,26). The fraction of sp³-hybridized carbons (Fsp3) is 0.316. The van der Waals surface area contributed by atoms with Gasteiger partial charge < -0.3 is 14.8 Å². The van der Waals surface area contributed by atoms with E-state index in [0.717, 1.165) is 11.6 Å². The Hall–Kier alpha value is -2.45. The lowest BCUT2D eigenvalue weighted by Gasteiger charge is -2.21. The van der Waals surface area contributed by atoms with E-state index in [1.54, 1.807) is 18.0 Å². The number of likely N-dealkylation sites (N-methyl/N-ethyl adjacent to an activating group) is 1. The fourth-order valence-electron chi connectivity index (χ4n) is 2.87. The van der Waals surface area contributed by atoms with Crippen molar-refractivity contribution in [1.29, 1.82) is 0 Å². The van der Waals surface area contributed by atoms with Gasteiger partial charge in [-0.2, -0.15) is 13.2 Å². The average molecular weight is 415 g/mol. The lowest BCUT2D eigenvalue weighted by molar-refractivity contribution is -0.137. The third-order valence-electron chi connectivity index (χ3n) is 4.06. The number of rotatable bonds is 5. The Morgan fingerprint density at radius 3 is 2.61 bits per heavy atom. The number of ether oxygens (including phenoxy) is 2. The first-order valence-corrected chi connectivity index (χ1v) is 8.84. The highest BCUT2D eigenvalue weighted by Crippen LogP contribution is 2.38. The molecule has 3 rings (SSSR count). The first kappa shape index (κ1) is 20.3. The summed E-state index contributed by atoms with van der Waals surface area (Å²) in [5, 5.41) is 2.11. The van der Waals surface area contributed by atoms with E-state index in [2.05, 4.69) is 5.32 Å². The highest BCUT2D eigenvalue weighted by Gasteiger charge is 2.34. The zero-order chi connectivity index (χ0) is 20.3. The number of nitrogens with zero attached hydrogens (tertiary/aromatic N) is 1. The molecule has 1 N–H and O–H groups in total. The predicted molar refractivity (Wildman–Crippen MR) is 98.8 cm³/mol. The molecule has 1 aliphatic rings. The summed E-state index contributed by atoms with van der Waals surface area (Å²) in [7, 11) is 1.69. The van der Waals surface area contributed by atoms with Gasteiger partial charge in [0.25, 0.3) is 0 Å². The van der Waals surface area contributed by atoms with E-state index in [4.69, 9.17) is 21.1 Å². The molecule has 0 saturated heterocycles. The van der Waals surface area contributed by atoms with Crippen LogP contribution < -0.4 is 14.8 Å². The van der Waals surface area contributed by atoms with Crippen molar-refractivity contribution < 1.29 is 27.4 Å². The quantitative estimate of drug-likeness (QED) is 0.796. The summed E-state index contributed by atoms with van der Waals surface area (Å²) in [6, 6.07) is 8.81. The summed E-state index contributed by atoms with van der Waals surface area (Å²) in [6.45, 7) is 1.25. The second kappa shape index (κ2) is 8.28. The fourth-order valence-corrected chi connectivity index (χ4v) is 3.09. The van der Waals surface area contributed by atoms with E-state index in [0.29, 0.717) is 31.3 Å². The number of anilines is 1. The van der Waals surface area contributed by atoms with E-state index < -0.39 is 23.3 Å². The first-order chi connectivity index (χ1) is 13.2. The van der Waals surface area contributed by atoms with Gasteiger partial charge in [0.15, 0.2) is 11.5 Å². The second-order valence-corrected chi connectivity index (χ2v) is 6.77. The maximum Gasteiger partial charge on any atom is 0.418 e. The van der Waals surface area contributed by atoms with Gasteiger partial charge in [-0.15, -0.1) is 0 Å². The molecule has 0 unspecified atom stereocenters. The van der Waals surface area contributed by atoms with Crippen molar-refractivity contribution in [3.8, 4) is 11.5 Å². The van der Waals surface area contributed by atoms with E-state index in [9.17, 15) is 18.0 Å². The highest BCUT2D eigenvalue weighted by atomic mass is 35.5. The van der Waals surface area contributed by atoms with Gasteiger partial charge in [0.2, 0.25) is 5.91 Å². The Morgan fingerprint density at radius 1 is 1.18 bits per heavy atom. The molecule has 150 valence electrons. The minimum Gasteiger partial charge on any atom is -0.486 e. The molecule has 0 aromatic heterocycles. The summed E-state index contributed by atoms with van der Waals surface area (Å²) in [5.74, 6) is 0.694. The van der Waals surface area contributed by atoms with Crippen LogP contribution in [0, 0.1) is 0 Å². The SMILES string of the molecule is CN(CC(=O)Nc1c(Cl)cccc1C(F)(F)F)Cc1ccc2c(c1)OCCO2. The normalized spacial score (nSPS) is 13.5. The number of alkyl halides is 3. The number of halogens is 4. The third kappa shape index (κ3) is 4.88. The minimum absolute atomic E-state index is 0.114. The summed E-state index contributed by atoms with van der Waals surface area (Å²) in [6.07, 6.45) is -4.62. The highest BCUT2D eigenvalue weighted by molar-refractivity contribution is 6.34. The van der Waals surface area contributed by atoms with Crippen LogP contribution in [-0.2, 0) is 17.5 Å². The molecular formula is C19H18ClF3N2O3. The van der Waals surface area contributed by atoms with E-state index in [-0.39, 0.29) is 11.6 Å². The van der Waals surface area contributed by atoms with Crippen LogP contribution in [-0.4, -0.2) is 37.6 Å². The Morgan fingerprint density at radius 2 is 1.89 bits per heavy atom. The molecule has 0 atom stereocenters. The molecule has 0 saturated carbocycles. The molecule has 2 aromatic carbocycles. The lowest BCUT2D eigenvalue weighted by Crippen LogP contribution is -2.30. The zero-order valence-corrected chi connectivity index (χ0v) is 15.7. The van der Waals surface area contributed by atoms with E-state index in [1.807, 2.05) is 12.1 Å². The van der Waals surface area contributed by atoms with Crippen LogP contribution in [0.5, 0.6) is 11.5 Å². The number of amides is 1. The number of carbonyl (C=O) groups excluding carboxylic acids is 1. The molecule has 0 spiro atoms. The van der Waals surface area contributed by atoms with Crippen molar-refractivity contribution >= 4 is 23.2 Å². The van der Waals surface area contributed by atoms with Crippen LogP contribution in [0.25, 0.3) is 0 Å². The van der Waals surface area contributed by atoms with Crippen LogP contribution in [0.3, 0.4) is 0 Å². The van der Waals surface area contributed by atoms with Gasteiger partial charge >= 0.3 is 6.18 Å². The van der Waals surface area contributed by atoms with Crippen LogP contribution in [0.4, 0.5) is 18.9 Å². The maximum atomic E-state index is 13.1. The first-order valence-electron chi connectivity index (χ1n) is 8.46. The molecule has 9 heteroatoms. The molecule has 0 bridgehead atoms. The molecule has 0 aliphatic carbocycles. The smallest absolute Gasteiger partial charge is 0.418 e. The van der Waals surface area contributed by atoms with Gasteiger partial charge in [0.1, 0.15) is 13.2 Å². The molecule has 5 nitrogen and oxygen atoms in total. The third-order valence-corrected chi connectivity index (χ3v) is 4.37. The Bertz CT molecular complexity index is 874. The topological polar surface area (TPSA) is 50.8 Å². The average Bonchev–Trinajstić information content (AvgIpc) is 2.62. The Labute approximate surface area is 165 Å². The van der Waals surface area contributed by atoms with Crippen molar-refractivity contribution in [3.05, 3.63) is 52.5 Å². The summed E-state index contributed by atoms with van der Waals surface area (Å²) < 4.78 is 50.4. The number of nitrogens with one attached hydrogen (secondary N) is 1. The zero-order valence-electron chi connectivity index (χ0n) is 15.0. The van der Waals surface area contributed by atoms with Crippen LogP contribution in [0.15, 0.2) is 36.4 Å². The van der Waals surface area contributed by atoms with Gasteiger partial charge in [-0.05, 0) is 36.9 Å². The number of hydrogen-bond acceptors (Lipinski definition) is 4. The van der Waals surface area contributed by atoms with Crippen molar-refractivity contribution in [2.75, 3.05) is 32.1 Å². The van der Waals surface area contributed by atoms with Crippen molar-refractivity contribution in [2.45, 2.75) is 12.7 Å². The van der Waals surface area contributed by atoms with Crippen LogP contribution >= 0.6 is 11.6 Å². The number of benzene rings is 2. The van der Waals surface area contributed by atoms with Gasteiger partial charge in [-0.3, -0.25) is 9.69 Å². The largest absolute Gasteiger partial charge is 0.486 e. The number of para-hydroxylation sites is 1. The molecule has 0 radical (unpaired) electrons. The summed E-state index contributed by atoms with van der Waals surface area (Å²) in [5.41, 5.74) is -0.537. The molecule has 1 amide bonds. The van der Waals surface area contributed by atoms with Crippen molar-refractivity contribution in [2.24, 2.45) is 0 Å². The van der Waals surface area contributed by atoms with Crippen molar-refractivity contribution in [3.63, 3.8) is 0 Å². The van der Waals surface area contributed by atoms with Crippen LogP contribution in [0.2, 0.25) is 5.02 Å². The molecule has 2 aromatic rings. The molecule has 28 heavy (non-hydrogen) atoms. The molecule has 1 heterocycles. The van der Waals surface area contributed by atoms with E-state index >= 15 is 0 Å². The van der Waals surface area contributed by atoms with Gasteiger partial charge in [0.05, 0.1) is 22.8 Å². The number of fused-ring (bicyclic) bond motifs is 1. The second-order valence-electron chi connectivity index (χ2n) is 6.36. The van der Waals surface area contributed by atoms with Crippen LogP contribution in [0.1, 0.15) is 11.1 Å². The minimum atomic E-state index is -4.62.